The minimum Gasteiger partial charge on any atom is -0.493 e. The van der Waals surface area contributed by atoms with Crippen molar-refractivity contribution in [1.29, 1.82) is 5.26 Å². The second-order valence-electron chi connectivity index (χ2n) is 7.10. The van der Waals surface area contributed by atoms with E-state index >= 15 is 0 Å². The smallest absolute Gasteiger partial charge is 0.130 e. The molecule has 4 nitrogen and oxygen atoms in total. The highest BCUT2D eigenvalue weighted by molar-refractivity contribution is 5.86. The van der Waals surface area contributed by atoms with Crippen LogP contribution in [0.15, 0.2) is 66.4 Å². The first-order valence-corrected chi connectivity index (χ1v) is 9.86. The molecular formula is C25H29NO3. The molecule has 0 aliphatic heterocycles. The molecule has 0 fully saturated rings. The van der Waals surface area contributed by atoms with Gasteiger partial charge in [-0.15, -0.1) is 0 Å². The second-order valence-corrected chi connectivity index (χ2v) is 7.10. The predicted octanol–water partition coefficient (Wildman–Crippen LogP) is 6.14. The Balaban J connectivity index is 2.54. The van der Waals surface area contributed by atoms with Gasteiger partial charge in [0.15, 0.2) is 0 Å². The van der Waals surface area contributed by atoms with E-state index in [1.807, 2.05) is 83.1 Å². The summed E-state index contributed by atoms with van der Waals surface area (Å²) in [5.41, 5.74) is 2.94. The molecule has 0 saturated carbocycles. The van der Waals surface area contributed by atoms with Gasteiger partial charge < -0.3 is 14.2 Å². The van der Waals surface area contributed by atoms with Crippen LogP contribution in [-0.2, 0) is 4.74 Å². The number of ether oxygens (including phenoxy) is 3. The first-order chi connectivity index (χ1) is 13.8. The van der Waals surface area contributed by atoms with Crippen molar-refractivity contribution in [2.45, 2.75) is 46.8 Å². The highest BCUT2D eigenvalue weighted by Crippen LogP contribution is 2.32. The summed E-state index contributed by atoms with van der Waals surface area (Å²) < 4.78 is 17.0. The summed E-state index contributed by atoms with van der Waals surface area (Å²) in [6, 6.07) is 17.7. The monoisotopic (exact) mass is 391 g/mol. The van der Waals surface area contributed by atoms with Crippen molar-refractivity contribution in [1.82, 2.24) is 0 Å². The molecule has 0 heterocycles. The molecule has 2 aromatic carbocycles. The van der Waals surface area contributed by atoms with Crippen LogP contribution in [0.1, 0.15) is 45.7 Å². The van der Waals surface area contributed by atoms with E-state index in [4.69, 9.17) is 14.2 Å². The van der Waals surface area contributed by atoms with Gasteiger partial charge in [-0.1, -0.05) is 30.8 Å². The minimum atomic E-state index is 0.0942. The lowest BCUT2D eigenvalue weighted by atomic mass is 9.92. The number of rotatable bonds is 9. The molecule has 0 saturated heterocycles. The van der Waals surface area contributed by atoms with E-state index in [1.54, 1.807) is 0 Å². The van der Waals surface area contributed by atoms with E-state index in [0.29, 0.717) is 17.9 Å². The lowest BCUT2D eigenvalue weighted by Crippen LogP contribution is -2.06. The third-order valence-electron chi connectivity index (χ3n) is 3.99. The number of nitrogens with zero attached hydrogens (tertiary/aromatic N) is 1. The Morgan fingerprint density at radius 3 is 1.59 bits per heavy atom. The highest BCUT2D eigenvalue weighted by Gasteiger charge is 2.16. The van der Waals surface area contributed by atoms with Crippen molar-refractivity contribution >= 4 is 5.57 Å². The zero-order valence-corrected chi connectivity index (χ0v) is 17.9. The molecule has 2 aromatic rings. The van der Waals surface area contributed by atoms with Crippen LogP contribution in [0, 0.1) is 11.3 Å². The van der Waals surface area contributed by atoms with Gasteiger partial charge in [0.1, 0.15) is 28.9 Å². The third kappa shape index (κ3) is 6.15. The van der Waals surface area contributed by atoms with Crippen molar-refractivity contribution in [3.8, 4) is 17.6 Å². The first-order valence-electron chi connectivity index (χ1n) is 9.86. The molecule has 2 rings (SSSR count). The number of allylic oxidation sites excluding steroid dienone is 1. The fourth-order valence-electron chi connectivity index (χ4n) is 2.90. The summed E-state index contributed by atoms with van der Waals surface area (Å²) >= 11 is 0. The lowest BCUT2D eigenvalue weighted by Gasteiger charge is -2.16. The second kappa shape index (κ2) is 10.4. The average molecular weight is 392 g/mol. The predicted molar refractivity (Wildman–Crippen MR) is 117 cm³/mol. The molecule has 0 amide bonds. The lowest BCUT2D eigenvalue weighted by molar-refractivity contribution is 0.241. The molecule has 0 aliphatic carbocycles. The molecule has 0 unspecified atom stereocenters. The van der Waals surface area contributed by atoms with Crippen LogP contribution >= 0.6 is 0 Å². The minimum absolute atomic E-state index is 0.0942. The van der Waals surface area contributed by atoms with Gasteiger partial charge in [-0.05, 0) is 70.0 Å². The van der Waals surface area contributed by atoms with Crippen molar-refractivity contribution < 1.29 is 14.2 Å². The van der Waals surface area contributed by atoms with E-state index in [2.05, 4.69) is 12.6 Å². The normalized spacial score (nSPS) is 10.4. The molecule has 29 heavy (non-hydrogen) atoms. The summed E-state index contributed by atoms with van der Waals surface area (Å²) in [5.74, 6) is 1.92. The summed E-state index contributed by atoms with van der Waals surface area (Å²) in [5, 5.41) is 9.87. The summed E-state index contributed by atoms with van der Waals surface area (Å²) in [6.45, 7) is 14.2. The standard InChI is InChI=1S/C25H29NO3/c1-7-27-19(6)24(16-26)25(20-8-12-22(13-9-20)28-17(2)3)21-10-14-23(15-11-21)29-18(4)5/h8-15,17-18H,6-7H2,1-5H3. The number of benzene rings is 2. The maximum atomic E-state index is 9.87. The molecule has 0 atom stereocenters. The van der Waals surface area contributed by atoms with Gasteiger partial charge in [-0.3, -0.25) is 0 Å². The van der Waals surface area contributed by atoms with Crippen LogP contribution in [0.5, 0.6) is 11.5 Å². The molecule has 0 radical (unpaired) electrons. The Morgan fingerprint density at radius 2 is 1.28 bits per heavy atom. The van der Waals surface area contributed by atoms with Crippen LogP contribution in [0.3, 0.4) is 0 Å². The van der Waals surface area contributed by atoms with Gasteiger partial charge in [-0.2, -0.15) is 5.26 Å². The quantitative estimate of drug-likeness (QED) is 0.293. The molecule has 0 bridgehead atoms. The van der Waals surface area contributed by atoms with E-state index < -0.39 is 0 Å². The van der Waals surface area contributed by atoms with Gasteiger partial charge in [0, 0.05) is 5.57 Å². The fourth-order valence-corrected chi connectivity index (χ4v) is 2.90. The molecule has 0 aliphatic rings. The zero-order chi connectivity index (χ0) is 21.4. The van der Waals surface area contributed by atoms with E-state index in [9.17, 15) is 5.26 Å². The number of hydrogen-bond donors (Lipinski definition) is 0. The number of nitriles is 1. The molecule has 0 aromatic heterocycles. The Morgan fingerprint density at radius 1 is 0.862 bits per heavy atom. The van der Waals surface area contributed by atoms with Gasteiger partial charge in [0.05, 0.1) is 18.8 Å². The van der Waals surface area contributed by atoms with Crippen LogP contribution in [0.2, 0.25) is 0 Å². The van der Waals surface area contributed by atoms with Crippen molar-refractivity contribution in [3.05, 3.63) is 77.6 Å². The maximum absolute atomic E-state index is 9.87. The largest absolute Gasteiger partial charge is 0.493 e. The Bertz CT molecular complexity index is 830. The third-order valence-corrected chi connectivity index (χ3v) is 3.99. The first kappa shape index (κ1) is 22.1. The maximum Gasteiger partial charge on any atom is 0.130 e. The molecular weight excluding hydrogens is 362 g/mol. The van der Waals surface area contributed by atoms with Gasteiger partial charge in [0.2, 0.25) is 0 Å². The average Bonchev–Trinajstić information content (AvgIpc) is 2.67. The Labute approximate surface area is 174 Å². The van der Waals surface area contributed by atoms with Crippen LogP contribution in [0.25, 0.3) is 5.57 Å². The molecule has 4 heteroatoms. The van der Waals surface area contributed by atoms with Crippen molar-refractivity contribution in [2.75, 3.05) is 6.61 Å². The van der Waals surface area contributed by atoms with Crippen LogP contribution < -0.4 is 9.47 Å². The summed E-state index contributed by atoms with van der Waals surface area (Å²) in [4.78, 5) is 0. The highest BCUT2D eigenvalue weighted by atomic mass is 16.5. The molecule has 0 spiro atoms. The van der Waals surface area contributed by atoms with Gasteiger partial charge in [0.25, 0.3) is 0 Å². The number of hydrogen-bond acceptors (Lipinski definition) is 4. The SMILES string of the molecule is C=C(OCC)C(C#N)=C(c1ccc(OC(C)C)cc1)c1ccc(OC(C)C)cc1. The Kier molecular flexibility index (Phi) is 7.91. The molecule has 152 valence electrons. The van der Waals surface area contributed by atoms with E-state index in [0.717, 1.165) is 28.2 Å². The van der Waals surface area contributed by atoms with Crippen molar-refractivity contribution in [3.63, 3.8) is 0 Å². The van der Waals surface area contributed by atoms with Crippen LogP contribution in [-0.4, -0.2) is 18.8 Å². The molecule has 0 N–H and O–H groups in total. The van der Waals surface area contributed by atoms with E-state index in [-0.39, 0.29) is 12.2 Å². The van der Waals surface area contributed by atoms with Gasteiger partial charge in [-0.25, -0.2) is 0 Å². The summed E-state index contributed by atoms with van der Waals surface area (Å²) in [7, 11) is 0. The van der Waals surface area contributed by atoms with Gasteiger partial charge >= 0.3 is 0 Å². The topological polar surface area (TPSA) is 51.5 Å². The summed E-state index contributed by atoms with van der Waals surface area (Å²) in [6.07, 6.45) is 0.188. The fraction of sp³-hybridized carbons (Fsp3) is 0.320. The van der Waals surface area contributed by atoms with E-state index in [1.165, 1.54) is 0 Å². The zero-order valence-electron chi connectivity index (χ0n) is 17.9. The van der Waals surface area contributed by atoms with Crippen LogP contribution in [0.4, 0.5) is 0 Å². The van der Waals surface area contributed by atoms with Crippen molar-refractivity contribution in [2.24, 2.45) is 0 Å². The Hall–Kier alpha value is -3.19.